The Kier molecular flexibility index (Phi) is 5.08. The van der Waals surface area contributed by atoms with Crippen LogP contribution in [0.1, 0.15) is 25.8 Å². The van der Waals surface area contributed by atoms with Crippen LogP contribution in [-0.2, 0) is 6.54 Å². The molecule has 1 saturated heterocycles. The molecule has 0 aliphatic carbocycles. The Labute approximate surface area is 120 Å². The fourth-order valence-electron chi connectivity index (χ4n) is 2.92. The first kappa shape index (κ1) is 14.6. The first-order valence-electron chi connectivity index (χ1n) is 7.08. The Bertz CT molecular complexity index is 400. The zero-order valence-corrected chi connectivity index (χ0v) is 12.5. The molecule has 0 amide bonds. The van der Waals surface area contributed by atoms with Gasteiger partial charge in [-0.15, -0.1) is 0 Å². The summed E-state index contributed by atoms with van der Waals surface area (Å²) in [6.45, 7) is 9.51. The van der Waals surface area contributed by atoms with E-state index in [1.807, 2.05) is 6.07 Å². The highest BCUT2D eigenvalue weighted by Gasteiger charge is 2.26. The van der Waals surface area contributed by atoms with E-state index in [1.54, 1.807) is 12.1 Å². The number of likely N-dealkylation sites (N-methyl/N-ethyl adjacent to an activating group) is 1. The molecule has 0 aromatic heterocycles. The van der Waals surface area contributed by atoms with Gasteiger partial charge in [0.1, 0.15) is 5.75 Å². The summed E-state index contributed by atoms with van der Waals surface area (Å²) in [5, 5.41) is 10.6. The summed E-state index contributed by atoms with van der Waals surface area (Å²) in [7, 11) is 0. The van der Waals surface area contributed by atoms with E-state index in [2.05, 4.69) is 23.6 Å². The third-order valence-corrected chi connectivity index (χ3v) is 4.41. The molecule has 1 aromatic carbocycles. The molecule has 0 saturated carbocycles. The quantitative estimate of drug-likeness (QED) is 0.899. The van der Waals surface area contributed by atoms with Crippen LogP contribution in [0.4, 0.5) is 0 Å². The lowest BCUT2D eigenvalue weighted by Gasteiger charge is -2.26. The maximum Gasteiger partial charge on any atom is 0.121 e. The van der Waals surface area contributed by atoms with E-state index in [0.29, 0.717) is 16.8 Å². The molecule has 106 valence electrons. The molecule has 0 bridgehead atoms. The smallest absolute Gasteiger partial charge is 0.121 e. The molecule has 1 fully saturated rings. The van der Waals surface area contributed by atoms with Gasteiger partial charge in [0.25, 0.3) is 0 Å². The van der Waals surface area contributed by atoms with Gasteiger partial charge in [-0.05, 0) is 31.6 Å². The van der Waals surface area contributed by atoms with Crippen molar-refractivity contribution in [2.45, 2.75) is 32.9 Å². The van der Waals surface area contributed by atoms with Crippen LogP contribution in [0.25, 0.3) is 0 Å². The van der Waals surface area contributed by atoms with Gasteiger partial charge in [-0.3, -0.25) is 9.80 Å². The number of hydrogen-bond donors (Lipinski definition) is 1. The van der Waals surface area contributed by atoms with Crippen molar-refractivity contribution in [1.29, 1.82) is 0 Å². The predicted octanol–water partition coefficient (Wildman–Crippen LogP) is 2.96. The molecular weight excluding hydrogens is 260 g/mol. The van der Waals surface area contributed by atoms with E-state index >= 15 is 0 Å². The number of nitrogens with zero attached hydrogens (tertiary/aromatic N) is 2. The number of hydrogen-bond acceptors (Lipinski definition) is 3. The lowest BCUT2D eigenvalue weighted by atomic mass is 10.2. The number of aromatic hydroxyl groups is 1. The first-order valence-corrected chi connectivity index (χ1v) is 7.46. The van der Waals surface area contributed by atoms with E-state index in [9.17, 15) is 5.11 Å². The molecule has 1 heterocycles. The monoisotopic (exact) mass is 282 g/mol. The second-order valence-corrected chi connectivity index (χ2v) is 5.54. The van der Waals surface area contributed by atoms with Crippen molar-refractivity contribution in [3.8, 4) is 5.75 Å². The minimum Gasteiger partial charge on any atom is -0.508 e. The minimum atomic E-state index is 0.304. The average molecular weight is 283 g/mol. The Hall–Kier alpha value is -0.770. The number of benzene rings is 1. The van der Waals surface area contributed by atoms with Gasteiger partial charge in [-0.25, -0.2) is 0 Å². The Morgan fingerprint density at radius 3 is 2.74 bits per heavy atom. The van der Waals surface area contributed by atoms with Gasteiger partial charge >= 0.3 is 0 Å². The molecule has 1 aromatic rings. The van der Waals surface area contributed by atoms with E-state index in [-0.39, 0.29) is 0 Å². The maximum atomic E-state index is 9.90. The third kappa shape index (κ3) is 3.41. The molecule has 19 heavy (non-hydrogen) atoms. The van der Waals surface area contributed by atoms with Crippen molar-refractivity contribution in [2.24, 2.45) is 0 Å². The van der Waals surface area contributed by atoms with Crippen LogP contribution in [0.5, 0.6) is 5.75 Å². The van der Waals surface area contributed by atoms with Crippen LogP contribution in [-0.4, -0.2) is 47.1 Å². The molecule has 1 N–H and O–H groups in total. The summed E-state index contributed by atoms with van der Waals surface area (Å²) in [5.41, 5.74) is 0.851. The van der Waals surface area contributed by atoms with Crippen LogP contribution in [0, 0.1) is 0 Å². The van der Waals surface area contributed by atoms with Gasteiger partial charge in [0.15, 0.2) is 0 Å². The highest BCUT2D eigenvalue weighted by Crippen LogP contribution is 2.28. The second kappa shape index (κ2) is 6.60. The second-order valence-electron chi connectivity index (χ2n) is 5.14. The van der Waals surface area contributed by atoms with E-state index in [4.69, 9.17) is 11.6 Å². The number of phenolic OH excluding ortho intramolecular Hbond substituents is 1. The van der Waals surface area contributed by atoms with E-state index < -0.39 is 0 Å². The van der Waals surface area contributed by atoms with Crippen molar-refractivity contribution in [2.75, 3.05) is 26.2 Å². The molecule has 1 aliphatic rings. The lowest BCUT2D eigenvalue weighted by Crippen LogP contribution is -2.37. The molecule has 0 radical (unpaired) electrons. The summed E-state index contributed by atoms with van der Waals surface area (Å²) < 4.78 is 0. The molecule has 1 aliphatic heterocycles. The van der Waals surface area contributed by atoms with Gasteiger partial charge in [0.2, 0.25) is 0 Å². The van der Waals surface area contributed by atoms with E-state index in [1.165, 1.54) is 6.42 Å². The van der Waals surface area contributed by atoms with Crippen molar-refractivity contribution >= 4 is 11.6 Å². The van der Waals surface area contributed by atoms with Gasteiger partial charge in [-0.2, -0.15) is 0 Å². The lowest BCUT2D eigenvalue weighted by molar-refractivity contribution is 0.208. The maximum absolute atomic E-state index is 9.90. The van der Waals surface area contributed by atoms with Crippen LogP contribution in [0.2, 0.25) is 5.02 Å². The summed E-state index contributed by atoms with van der Waals surface area (Å²) in [6.07, 6.45) is 1.20. The zero-order chi connectivity index (χ0) is 13.8. The Balaban J connectivity index is 1.99. The summed E-state index contributed by atoms with van der Waals surface area (Å²) >= 11 is 6.16. The highest BCUT2D eigenvalue weighted by molar-refractivity contribution is 6.31. The summed E-state index contributed by atoms with van der Waals surface area (Å²) in [6, 6.07) is 5.97. The Morgan fingerprint density at radius 2 is 2.11 bits per heavy atom. The Morgan fingerprint density at radius 1 is 1.37 bits per heavy atom. The summed E-state index contributed by atoms with van der Waals surface area (Å²) in [4.78, 5) is 4.89. The van der Waals surface area contributed by atoms with Gasteiger partial charge in [-0.1, -0.05) is 31.5 Å². The van der Waals surface area contributed by atoms with Gasteiger partial charge < -0.3 is 5.11 Å². The molecule has 1 atom stereocenters. The van der Waals surface area contributed by atoms with Crippen LogP contribution >= 0.6 is 11.6 Å². The van der Waals surface area contributed by atoms with Gasteiger partial charge in [0.05, 0.1) is 0 Å². The van der Waals surface area contributed by atoms with Crippen molar-refractivity contribution in [3.63, 3.8) is 0 Å². The normalized spacial score (nSPS) is 20.3. The van der Waals surface area contributed by atoms with Crippen LogP contribution < -0.4 is 0 Å². The molecule has 0 spiro atoms. The topological polar surface area (TPSA) is 26.7 Å². The highest BCUT2D eigenvalue weighted by atomic mass is 35.5. The molecule has 4 heteroatoms. The molecule has 2 rings (SSSR count). The number of rotatable bonds is 5. The zero-order valence-electron chi connectivity index (χ0n) is 11.8. The van der Waals surface area contributed by atoms with Crippen LogP contribution in [0.15, 0.2) is 18.2 Å². The van der Waals surface area contributed by atoms with Crippen molar-refractivity contribution in [1.82, 2.24) is 9.80 Å². The van der Waals surface area contributed by atoms with Crippen molar-refractivity contribution < 1.29 is 5.11 Å². The molecule has 1 unspecified atom stereocenters. The molecule has 3 nitrogen and oxygen atoms in total. The van der Waals surface area contributed by atoms with Crippen molar-refractivity contribution in [3.05, 3.63) is 28.8 Å². The van der Waals surface area contributed by atoms with Gasteiger partial charge in [0, 0.05) is 36.3 Å². The minimum absolute atomic E-state index is 0.304. The SMILES string of the molecule is CCN(CC)C1CCN(Cc2c(O)cccc2Cl)C1. The predicted molar refractivity (Wildman–Crippen MR) is 79.7 cm³/mol. The third-order valence-electron chi connectivity index (χ3n) is 4.05. The fraction of sp³-hybridized carbons (Fsp3) is 0.600. The van der Waals surface area contributed by atoms with Crippen LogP contribution in [0.3, 0.4) is 0 Å². The number of halogens is 1. The summed E-state index contributed by atoms with van der Waals surface area (Å²) in [5.74, 6) is 0.304. The van der Waals surface area contributed by atoms with E-state index in [0.717, 1.165) is 38.3 Å². The fourth-order valence-corrected chi connectivity index (χ4v) is 3.15. The largest absolute Gasteiger partial charge is 0.508 e. The first-order chi connectivity index (χ1) is 9.15. The molecular formula is C15H23ClN2O. The average Bonchev–Trinajstić information content (AvgIpc) is 2.84. The number of phenols is 1. The standard InChI is InChI=1S/C15H23ClN2O/c1-3-18(4-2)12-8-9-17(10-12)11-13-14(16)6-5-7-15(13)19/h5-7,12,19H,3-4,8-11H2,1-2H3. The number of likely N-dealkylation sites (tertiary alicyclic amines) is 1.